The number of fused-ring (bicyclic) bond motifs is 1. The van der Waals surface area contributed by atoms with Crippen molar-refractivity contribution < 1.29 is 9.90 Å². The predicted molar refractivity (Wildman–Crippen MR) is 111 cm³/mol. The molecule has 2 atom stereocenters. The molecule has 1 aliphatic heterocycles. The summed E-state index contributed by atoms with van der Waals surface area (Å²) >= 11 is 0. The Morgan fingerprint density at radius 2 is 2.00 bits per heavy atom. The number of pyridine rings is 1. The summed E-state index contributed by atoms with van der Waals surface area (Å²) in [5.41, 5.74) is 1.56. The van der Waals surface area contributed by atoms with Gasteiger partial charge in [-0.05, 0) is 80.2 Å². The summed E-state index contributed by atoms with van der Waals surface area (Å²) in [7, 11) is 0. The van der Waals surface area contributed by atoms with Crippen LogP contribution in [0.4, 0.5) is 0 Å². The third-order valence-electron chi connectivity index (χ3n) is 7.04. The molecule has 148 valence electrons. The molecule has 2 aromatic rings. The highest BCUT2D eigenvalue weighted by Crippen LogP contribution is 2.57. The summed E-state index contributed by atoms with van der Waals surface area (Å²) in [5.74, 6) is 1.48. The Balaban J connectivity index is 1.27. The van der Waals surface area contributed by atoms with Crippen molar-refractivity contribution in [3.05, 3.63) is 47.8 Å². The molecule has 1 amide bonds. The first-order valence-electron chi connectivity index (χ1n) is 10.4. The van der Waals surface area contributed by atoms with Gasteiger partial charge < -0.3 is 10.4 Å². The van der Waals surface area contributed by atoms with Crippen molar-refractivity contribution in [2.24, 2.45) is 16.8 Å². The van der Waals surface area contributed by atoms with E-state index in [1.165, 1.54) is 6.42 Å². The highest BCUT2D eigenvalue weighted by molar-refractivity contribution is 6.14. The number of hydrogen-bond acceptors (Lipinski definition) is 5. The maximum atomic E-state index is 12.5. The van der Waals surface area contributed by atoms with Crippen LogP contribution in [0.5, 0.6) is 0 Å². The lowest BCUT2D eigenvalue weighted by Gasteiger charge is -2.60. The van der Waals surface area contributed by atoms with Crippen molar-refractivity contribution in [3.8, 4) is 0 Å². The molecule has 0 spiro atoms. The fourth-order valence-electron chi connectivity index (χ4n) is 6.48. The molecule has 3 N–H and O–H groups in total. The van der Waals surface area contributed by atoms with E-state index in [0.717, 1.165) is 48.6 Å². The minimum atomic E-state index is -0.544. The summed E-state index contributed by atoms with van der Waals surface area (Å²) in [6.07, 6.45) is 9.51. The fourth-order valence-corrected chi connectivity index (χ4v) is 6.48. The number of amides is 1. The third kappa shape index (κ3) is 2.94. The molecule has 4 bridgehead atoms. The molecule has 1 aromatic heterocycles. The average molecular weight is 388 g/mol. The Morgan fingerprint density at radius 3 is 2.79 bits per heavy atom. The number of carbonyl (C=O) groups excluding carboxylic acids is 1. The molecule has 6 heteroatoms. The van der Waals surface area contributed by atoms with E-state index in [1.807, 2.05) is 36.4 Å². The number of carbonyl (C=O) groups is 1. The molecule has 2 unspecified atom stereocenters. The number of nitrogens with zero attached hydrogens (tertiary/aromatic N) is 2. The lowest BCUT2D eigenvalue weighted by Crippen LogP contribution is -2.66. The third-order valence-corrected chi connectivity index (χ3v) is 7.04. The number of rotatable bonds is 2. The van der Waals surface area contributed by atoms with Crippen molar-refractivity contribution in [2.45, 2.75) is 49.7 Å². The maximum absolute atomic E-state index is 12.5. The average Bonchev–Trinajstić information content (AvgIpc) is 2.97. The van der Waals surface area contributed by atoms with Crippen molar-refractivity contribution >= 4 is 28.8 Å². The van der Waals surface area contributed by atoms with E-state index in [9.17, 15) is 9.90 Å². The van der Waals surface area contributed by atoms with Crippen molar-refractivity contribution in [3.63, 3.8) is 0 Å². The summed E-state index contributed by atoms with van der Waals surface area (Å²) in [5, 5.41) is 18.4. The van der Waals surface area contributed by atoms with Crippen LogP contribution in [-0.2, 0) is 4.79 Å². The monoisotopic (exact) mass is 388 g/mol. The van der Waals surface area contributed by atoms with E-state index in [0.29, 0.717) is 23.5 Å². The number of aliphatic imine (C=N–C) groups is 1. The van der Waals surface area contributed by atoms with Gasteiger partial charge in [0.2, 0.25) is 5.96 Å². The molecule has 2 heterocycles. The van der Waals surface area contributed by atoms with E-state index in [2.05, 4.69) is 20.6 Å². The van der Waals surface area contributed by atoms with Gasteiger partial charge in [-0.15, -0.1) is 0 Å². The van der Waals surface area contributed by atoms with Crippen LogP contribution in [0.2, 0.25) is 0 Å². The Labute approximate surface area is 169 Å². The molecular weight excluding hydrogens is 364 g/mol. The molecular formula is C23H24N4O2. The van der Waals surface area contributed by atoms with Crippen LogP contribution in [0.25, 0.3) is 17.0 Å². The number of hydrogen-bond donors (Lipinski definition) is 3. The summed E-state index contributed by atoms with van der Waals surface area (Å²) in [6.45, 7) is 0. The molecule has 4 saturated carbocycles. The molecule has 5 aliphatic rings. The zero-order valence-electron chi connectivity index (χ0n) is 16.2. The van der Waals surface area contributed by atoms with Crippen LogP contribution in [0.15, 0.2) is 47.2 Å². The Morgan fingerprint density at radius 1 is 1.17 bits per heavy atom. The van der Waals surface area contributed by atoms with Gasteiger partial charge in [-0.1, -0.05) is 12.1 Å². The molecule has 1 aromatic carbocycles. The van der Waals surface area contributed by atoms with Gasteiger partial charge in [0.15, 0.2) is 0 Å². The van der Waals surface area contributed by atoms with Crippen LogP contribution in [-0.4, -0.2) is 33.1 Å². The van der Waals surface area contributed by atoms with E-state index in [4.69, 9.17) is 0 Å². The van der Waals surface area contributed by atoms with Gasteiger partial charge in [-0.25, -0.2) is 4.99 Å². The number of benzene rings is 1. The lowest BCUT2D eigenvalue weighted by molar-refractivity contribution is -0.138. The smallest absolute Gasteiger partial charge is 0.276 e. The lowest BCUT2D eigenvalue weighted by atomic mass is 9.51. The van der Waals surface area contributed by atoms with Gasteiger partial charge in [0.05, 0.1) is 11.1 Å². The zero-order valence-corrected chi connectivity index (χ0v) is 16.2. The van der Waals surface area contributed by atoms with E-state index in [-0.39, 0.29) is 11.4 Å². The van der Waals surface area contributed by atoms with Gasteiger partial charge in [0, 0.05) is 17.1 Å². The van der Waals surface area contributed by atoms with E-state index >= 15 is 0 Å². The van der Waals surface area contributed by atoms with E-state index in [1.54, 1.807) is 6.20 Å². The van der Waals surface area contributed by atoms with Crippen molar-refractivity contribution in [2.75, 3.05) is 0 Å². The van der Waals surface area contributed by atoms with Gasteiger partial charge >= 0.3 is 0 Å². The zero-order chi connectivity index (χ0) is 19.6. The summed E-state index contributed by atoms with van der Waals surface area (Å²) in [4.78, 5) is 21.4. The maximum Gasteiger partial charge on any atom is 0.276 e. The highest BCUT2D eigenvalue weighted by Gasteiger charge is 2.57. The van der Waals surface area contributed by atoms with Crippen LogP contribution in [0, 0.1) is 11.8 Å². The Bertz CT molecular complexity index is 1080. The van der Waals surface area contributed by atoms with Gasteiger partial charge in [-0.2, -0.15) is 0 Å². The van der Waals surface area contributed by atoms with Gasteiger partial charge in [-0.3, -0.25) is 15.1 Å². The summed E-state index contributed by atoms with van der Waals surface area (Å²) in [6, 6.07) is 9.82. The molecule has 0 saturated heterocycles. The second kappa shape index (κ2) is 5.89. The molecule has 6 nitrogen and oxygen atoms in total. The largest absolute Gasteiger partial charge is 0.390 e. The highest BCUT2D eigenvalue weighted by atomic mass is 16.3. The van der Waals surface area contributed by atoms with E-state index < -0.39 is 5.60 Å². The second-order valence-electron chi connectivity index (χ2n) is 9.49. The SMILES string of the molecule is O=C1NC(NC23CC4CC(CC(O)(C4)C2)C3)=N/C1=C\c1ccc2ncccc2c1. The minimum Gasteiger partial charge on any atom is -0.390 e. The first-order chi connectivity index (χ1) is 14.0. The quantitative estimate of drug-likeness (QED) is 0.691. The van der Waals surface area contributed by atoms with Gasteiger partial charge in [0.25, 0.3) is 5.91 Å². The van der Waals surface area contributed by atoms with Crippen molar-refractivity contribution in [1.29, 1.82) is 0 Å². The number of aliphatic hydroxyl groups is 1. The first-order valence-corrected chi connectivity index (χ1v) is 10.4. The fraction of sp³-hybridized carbons (Fsp3) is 0.435. The predicted octanol–water partition coefficient (Wildman–Crippen LogP) is 2.73. The Kier molecular flexibility index (Phi) is 3.48. The second-order valence-corrected chi connectivity index (χ2v) is 9.49. The van der Waals surface area contributed by atoms with Crippen LogP contribution < -0.4 is 10.6 Å². The summed E-state index contributed by atoms with van der Waals surface area (Å²) < 4.78 is 0. The Hall–Kier alpha value is -2.73. The normalized spacial score (nSPS) is 36.5. The molecule has 29 heavy (non-hydrogen) atoms. The van der Waals surface area contributed by atoms with Crippen LogP contribution in [0.1, 0.15) is 44.1 Å². The van der Waals surface area contributed by atoms with Crippen LogP contribution >= 0.6 is 0 Å². The topological polar surface area (TPSA) is 86.6 Å². The first kappa shape index (κ1) is 17.2. The van der Waals surface area contributed by atoms with Crippen molar-refractivity contribution in [1.82, 2.24) is 15.6 Å². The van der Waals surface area contributed by atoms with Crippen LogP contribution in [0.3, 0.4) is 0 Å². The molecule has 0 radical (unpaired) electrons. The number of nitrogens with one attached hydrogen (secondary N) is 2. The molecule has 7 rings (SSSR count). The minimum absolute atomic E-state index is 0.144. The molecule has 4 aliphatic carbocycles. The standard InChI is InChI=1S/C23H24N4O2/c28-20-19(8-14-3-4-18-17(7-14)2-1-5-24-18)25-21(26-20)27-22-9-15-6-16(10-22)12-23(29,11-15)13-22/h1-5,7-8,15-16,29H,6,9-13H2,(H2,25,26,27,28)/b19-8-. The number of aromatic nitrogens is 1. The molecule has 4 fully saturated rings. The van der Waals surface area contributed by atoms with Gasteiger partial charge in [0.1, 0.15) is 5.70 Å². The number of guanidine groups is 1.